The highest BCUT2D eigenvalue weighted by Gasteiger charge is 2.19. The number of nitrogens with zero attached hydrogens (tertiary/aromatic N) is 3. The fourth-order valence-electron chi connectivity index (χ4n) is 3.42. The first-order chi connectivity index (χ1) is 18.8. The van der Waals surface area contributed by atoms with E-state index in [1.807, 2.05) is 4.57 Å². The normalized spacial score (nSPS) is 10.6. The lowest BCUT2D eigenvalue weighted by Crippen LogP contribution is -2.18. The van der Waals surface area contributed by atoms with Gasteiger partial charge in [0.25, 0.3) is 0 Å². The van der Waals surface area contributed by atoms with Crippen LogP contribution in [0.3, 0.4) is 0 Å². The second-order valence-electron chi connectivity index (χ2n) is 7.91. The number of hydrogen-bond acceptors (Lipinski definition) is 9. The van der Waals surface area contributed by atoms with E-state index in [0.29, 0.717) is 52.8 Å². The van der Waals surface area contributed by atoms with E-state index in [1.54, 1.807) is 24.3 Å². The van der Waals surface area contributed by atoms with Gasteiger partial charge in [0, 0.05) is 18.0 Å². The molecule has 3 rings (SSSR count). The zero-order valence-electron chi connectivity index (χ0n) is 21.2. The van der Waals surface area contributed by atoms with Crippen LogP contribution in [0.15, 0.2) is 54.2 Å². The minimum atomic E-state index is -0.660. The number of hydrogen-bond donors (Lipinski definition) is 1. The van der Waals surface area contributed by atoms with Gasteiger partial charge in [0.2, 0.25) is 5.91 Å². The summed E-state index contributed by atoms with van der Waals surface area (Å²) >= 11 is 13.2. The van der Waals surface area contributed by atoms with Crippen LogP contribution in [0, 0.1) is 0 Å². The van der Waals surface area contributed by atoms with Crippen LogP contribution in [0.5, 0.6) is 5.75 Å². The molecular formula is C26H26Cl2N4O6S. The van der Waals surface area contributed by atoms with Crippen molar-refractivity contribution in [3.63, 3.8) is 0 Å². The molecule has 0 saturated carbocycles. The average Bonchev–Trinajstić information content (AvgIpc) is 3.31. The monoisotopic (exact) mass is 592 g/mol. The van der Waals surface area contributed by atoms with Crippen molar-refractivity contribution in [2.45, 2.75) is 24.5 Å². The Bertz CT molecular complexity index is 1360. The molecule has 0 radical (unpaired) electrons. The highest BCUT2D eigenvalue weighted by Crippen LogP contribution is 2.28. The number of nitrogens with one attached hydrogen (secondary N) is 1. The highest BCUT2D eigenvalue weighted by atomic mass is 35.5. The van der Waals surface area contributed by atoms with Gasteiger partial charge in [0.05, 0.1) is 48.4 Å². The standard InChI is InChI=1S/C26H26Cl2N4O6S/c1-4-11-32-22(6-5-12-38-21-10-8-17(27)14-19(21)28)30-31-26(32)39-15-23(33)29-20-13-16(24(34)36-2)7-9-18(20)25(35)37-3/h4,7-10,13-14H,1,5-6,11-12,15H2,2-3H3,(H,29,33). The second-order valence-corrected chi connectivity index (χ2v) is 9.69. The maximum absolute atomic E-state index is 12.8. The van der Waals surface area contributed by atoms with Gasteiger partial charge in [-0.05, 0) is 42.8 Å². The van der Waals surface area contributed by atoms with Gasteiger partial charge >= 0.3 is 11.9 Å². The number of esters is 2. The predicted molar refractivity (Wildman–Crippen MR) is 149 cm³/mol. The van der Waals surface area contributed by atoms with E-state index < -0.39 is 17.8 Å². The van der Waals surface area contributed by atoms with Gasteiger partial charge < -0.3 is 24.1 Å². The van der Waals surface area contributed by atoms with E-state index in [4.69, 9.17) is 37.4 Å². The van der Waals surface area contributed by atoms with Crippen LogP contribution < -0.4 is 10.1 Å². The molecule has 206 valence electrons. The molecule has 1 heterocycles. The lowest BCUT2D eigenvalue weighted by molar-refractivity contribution is -0.113. The first kappa shape index (κ1) is 30.0. The Balaban J connectivity index is 1.62. The van der Waals surface area contributed by atoms with E-state index in [9.17, 15) is 14.4 Å². The van der Waals surface area contributed by atoms with Gasteiger partial charge in [-0.2, -0.15) is 0 Å². The molecule has 2 aromatic carbocycles. The van der Waals surface area contributed by atoms with Crippen LogP contribution in [-0.4, -0.2) is 59.2 Å². The first-order valence-electron chi connectivity index (χ1n) is 11.6. The third-order valence-corrected chi connectivity index (χ3v) is 6.75. The molecule has 0 spiro atoms. The first-order valence-corrected chi connectivity index (χ1v) is 13.4. The van der Waals surface area contributed by atoms with Gasteiger partial charge in [0.15, 0.2) is 5.16 Å². The maximum Gasteiger partial charge on any atom is 0.339 e. The largest absolute Gasteiger partial charge is 0.492 e. The zero-order valence-corrected chi connectivity index (χ0v) is 23.6. The summed E-state index contributed by atoms with van der Waals surface area (Å²) in [6.45, 7) is 4.64. The molecule has 1 N–H and O–H groups in total. The molecule has 1 amide bonds. The number of carbonyl (C=O) groups is 3. The minimum absolute atomic E-state index is 0.0312. The summed E-state index contributed by atoms with van der Waals surface area (Å²) in [7, 11) is 2.46. The summed E-state index contributed by atoms with van der Waals surface area (Å²) in [5.74, 6) is -0.466. The van der Waals surface area contributed by atoms with Gasteiger partial charge in [-0.1, -0.05) is 41.0 Å². The summed E-state index contributed by atoms with van der Waals surface area (Å²) in [6, 6.07) is 9.19. The number of ether oxygens (including phenoxy) is 3. The fourth-order valence-corrected chi connectivity index (χ4v) is 4.65. The number of thioether (sulfide) groups is 1. The molecule has 0 fully saturated rings. The molecule has 10 nitrogen and oxygen atoms in total. The molecule has 1 aromatic heterocycles. The van der Waals surface area contributed by atoms with Crippen LogP contribution in [0.25, 0.3) is 0 Å². The van der Waals surface area contributed by atoms with Crippen molar-refractivity contribution < 1.29 is 28.6 Å². The number of carbonyl (C=O) groups excluding carboxylic acids is 3. The molecule has 0 bridgehead atoms. The van der Waals surface area contributed by atoms with E-state index in [0.717, 1.165) is 0 Å². The average molecular weight is 593 g/mol. The van der Waals surface area contributed by atoms with E-state index in [1.165, 1.54) is 44.2 Å². The Morgan fingerprint density at radius 2 is 1.85 bits per heavy atom. The van der Waals surface area contributed by atoms with Gasteiger partial charge in [-0.3, -0.25) is 4.79 Å². The van der Waals surface area contributed by atoms with Crippen LogP contribution in [-0.2, 0) is 27.2 Å². The van der Waals surface area contributed by atoms with Crippen molar-refractivity contribution >= 4 is 58.5 Å². The molecular weight excluding hydrogens is 567 g/mol. The molecule has 0 aliphatic heterocycles. The van der Waals surface area contributed by atoms with Gasteiger partial charge in [-0.25, -0.2) is 9.59 Å². The summed E-state index contributed by atoms with van der Waals surface area (Å²) in [6.07, 6.45) is 2.93. The number of anilines is 1. The van der Waals surface area contributed by atoms with Crippen molar-refractivity contribution in [1.82, 2.24) is 14.8 Å². The van der Waals surface area contributed by atoms with Crippen LogP contribution in [0.4, 0.5) is 5.69 Å². The molecule has 0 aliphatic carbocycles. The third kappa shape index (κ3) is 8.22. The fraction of sp³-hybridized carbons (Fsp3) is 0.269. The number of benzene rings is 2. The number of aromatic nitrogens is 3. The van der Waals surface area contributed by atoms with Crippen molar-refractivity contribution in [3.05, 3.63) is 76.0 Å². The number of allylic oxidation sites excluding steroid dienone is 1. The highest BCUT2D eigenvalue weighted by molar-refractivity contribution is 7.99. The molecule has 0 unspecified atom stereocenters. The number of aryl methyl sites for hydroxylation is 1. The molecule has 0 saturated heterocycles. The zero-order chi connectivity index (χ0) is 28.4. The lowest BCUT2D eigenvalue weighted by Gasteiger charge is -2.12. The van der Waals surface area contributed by atoms with Crippen molar-refractivity contribution in [2.24, 2.45) is 0 Å². The van der Waals surface area contributed by atoms with Crippen molar-refractivity contribution in [1.29, 1.82) is 0 Å². The SMILES string of the molecule is C=CCn1c(CCCOc2ccc(Cl)cc2Cl)nnc1SCC(=O)Nc1cc(C(=O)OC)ccc1C(=O)OC. The predicted octanol–water partition coefficient (Wildman–Crippen LogP) is 5.09. The second kappa shape index (κ2) is 14.6. The summed E-state index contributed by atoms with van der Waals surface area (Å²) < 4.78 is 17.1. The Labute approximate surface area is 239 Å². The smallest absolute Gasteiger partial charge is 0.339 e. The number of rotatable bonds is 13. The summed E-state index contributed by atoms with van der Waals surface area (Å²) in [5.41, 5.74) is 0.401. The van der Waals surface area contributed by atoms with Gasteiger partial charge in [0.1, 0.15) is 11.6 Å². The van der Waals surface area contributed by atoms with Gasteiger partial charge in [-0.15, -0.1) is 16.8 Å². The Morgan fingerprint density at radius 1 is 1.08 bits per heavy atom. The van der Waals surface area contributed by atoms with Crippen LogP contribution >= 0.6 is 35.0 Å². The van der Waals surface area contributed by atoms with Crippen LogP contribution in [0.1, 0.15) is 33.0 Å². The van der Waals surface area contributed by atoms with E-state index in [-0.39, 0.29) is 22.6 Å². The summed E-state index contributed by atoms with van der Waals surface area (Å²) in [4.78, 5) is 36.8. The molecule has 0 atom stereocenters. The molecule has 39 heavy (non-hydrogen) atoms. The summed E-state index contributed by atoms with van der Waals surface area (Å²) in [5, 5.41) is 12.6. The topological polar surface area (TPSA) is 122 Å². The maximum atomic E-state index is 12.8. The van der Waals surface area contributed by atoms with Crippen molar-refractivity contribution in [3.8, 4) is 5.75 Å². The lowest BCUT2D eigenvalue weighted by atomic mass is 10.1. The number of halogens is 2. The van der Waals surface area contributed by atoms with Crippen LogP contribution in [0.2, 0.25) is 10.0 Å². The molecule has 13 heteroatoms. The number of methoxy groups -OCH3 is 2. The molecule has 0 aliphatic rings. The van der Waals surface area contributed by atoms with E-state index >= 15 is 0 Å². The Kier molecular flexibility index (Phi) is 11.2. The number of amides is 1. The Hall–Kier alpha value is -3.54. The van der Waals surface area contributed by atoms with Crippen molar-refractivity contribution in [2.75, 3.05) is 31.9 Å². The minimum Gasteiger partial charge on any atom is -0.492 e. The Morgan fingerprint density at radius 3 is 2.54 bits per heavy atom. The molecule has 3 aromatic rings. The van der Waals surface area contributed by atoms with E-state index in [2.05, 4.69) is 22.1 Å². The third-order valence-electron chi connectivity index (χ3n) is 5.25. The quantitative estimate of drug-likeness (QED) is 0.125.